The van der Waals surface area contributed by atoms with Gasteiger partial charge in [0.25, 0.3) is 0 Å². The average Bonchev–Trinajstić information content (AvgIpc) is 2.50. The van der Waals surface area contributed by atoms with E-state index in [2.05, 4.69) is 10.3 Å². The van der Waals surface area contributed by atoms with Crippen LogP contribution in [0.25, 0.3) is 10.9 Å². The van der Waals surface area contributed by atoms with E-state index in [1.54, 1.807) is 18.2 Å². The van der Waals surface area contributed by atoms with Crippen LogP contribution in [0.5, 0.6) is 0 Å². The molecule has 2 unspecified atom stereocenters. The third kappa shape index (κ3) is 3.43. The Hall–Kier alpha value is -1.40. The van der Waals surface area contributed by atoms with Gasteiger partial charge in [-0.1, -0.05) is 18.0 Å². The highest BCUT2D eigenvalue weighted by Gasteiger charge is 2.29. The fourth-order valence-corrected chi connectivity index (χ4v) is 4.53. The second kappa shape index (κ2) is 6.24. The van der Waals surface area contributed by atoms with E-state index < -0.39 is 15.7 Å². The summed E-state index contributed by atoms with van der Waals surface area (Å²) in [6.45, 7) is 0. The van der Waals surface area contributed by atoms with Gasteiger partial charge in [-0.15, -0.1) is 0 Å². The molecule has 7 heteroatoms. The van der Waals surface area contributed by atoms with Crippen molar-refractivity contribution < 1.29 is 12.8 Å². The lowest BCUT2D eigenvalue weighted by Gasteiger charge is -2.29. The van der Waals surface area contributed by atoms with Crippen molar-refractivity contribution >= 4 is 38.0 Å². The molecule has 3 rings (SSSR count). The van der Waals surface area contributed by atoms with Gasteiger partial charge in [0.1, 0.15) is 15.4 Å². The monoisotopic (exact) mass is 356 g/mol. The predicted molar refractivity (Wildman–Crippen MR) is 91.2 cm³/mol. The number of aromatic nitrogens is 1. The summed E-state index contributed by atoms with van der Waals surface area (Å²) in [4.78, 5) is 4.05. The zero-order valence-electron chi connectivity index (χ0n) is 12.7. The number of sulfone groups is 1. The number of halogens is 2. The Morgan fingerprint density at radius 1 is 1.30 bits per heavy atom. The molecule has 0 radical (unpaired) electrons. The molecular formula is C16H18ClFN2O2S. The molecule has 1 aromatic heterocycles. The number of anilines is 1. The largest absolute Gasteiger partial charge is 0.380 e. The number of benzene rings is 1. The molecule has 1 heterocycles. The van der Waals surface area contributed by atoms with Gasteiger partial charge in [0.05, 0.1) is 16.0 Å². The first kappa shape index (κ1) is 16.5. The minimum absolute atomic E-state index is 0.0605. The molecule has 23 heavy (non-hydrogen) atoms. The Kier molecular flexibility index (Phi) is 4.47. The van der Waals surface area contributed by atoms with E-state index in [4.69, 9.17) is 11.6 Å². The van der Waals surface area contributed by atoms with Gasteiger partial charge in [-0.2, -0.15) is 0 Å². The summed E-state index contributed by atoms with van der Waals surface area (Å²) in [5.41, 5.74) is 0.560. The fourth-order valence-electron chi connectivity index (χ4n) is 3.15. The van der Waals surface area contributed by atoms with Crippen LogP contribution in [0.2, 0.25) is 5.02 Å². The molecule has 2 aromatic rings. The van der Waals surface area contributed by atoms with Crippen LogP contribution in [-0.4, -0.2) is 30.9 Å². The second-order valence-corrected chi connectivity index (χ2v) is 8.81. The van der Waals surface area contributed by atoms with Gasteiger partial charge in [-0.3, -0.25) is 4.98 Å². The third-order valence-corrected chi connectivity index (χ3v) is 6.36. The van der Waals surface area contributed by atoms with Gasteiger partial charge >= 0.3 is 0 Å². The lowest BCUT2D eigenvalue weighted by Crippen LogP contribution is -2.34. The molecule has 0 saturated heterocycles. The molecule has 124 valence electrons. The van der Waals surface area contributed by atoms with Gasteiger partial charge in [-0.05, 0) is 37.5 Å². The van der Waals surface area contributed by atoms with Crippen molar-refractivity contribution in [1.82, 2.24) is 4.98 Å². The maximum atomic E-state index is 14.6. The first-order valence-electron chi connectivity index (χ1n) is 7.54. The highest BCUT2D eigenvalue weighted by atomic mass is 35.5. The van der Waals surface area contributed by atoms with Crippen LogP contribution in [0, 0.1) is 5.82 Å². The summed E-state index contributed by atoms with van der Waals surface area (Å²) in [6.07, 6.45) is 5.55. The van der Waals surface area contributed by atoms with Gasteiger partial charge in [0.15, 0.2) is 5.82 Å². The summed E-state index contributed by atoms with van der Waals surface area (Å²) >= 11 is 6.05. The van der Waals surface area contributed by atoms with Crippen LogP contribution in [0.4, 0.5) is 10.1 Å². The Balaban J connectivity index is 1.86. The van der Waals surface area contributed by atoms with E-state index in [9.17, 15) is 12.8 Å². The lowest BCUT2D eigenvalue weighted by molar-refractivity contribution is 0.451. The van der Waals surface area contributed by atoms with Crippen molar-refractivity contribution in [3.05, 3.63) is 35.2 Å². The van der Waals surface area contributed by atoms with Gasteiger partial charge in [-0.25, -0.2) is 12.8 Å². The standard InChI is InChI=1S/C16H18ClFN2O2S/c1-23(21,22)11-4-2-3-10(9-11)20-14-6-5-12-13(17)7-8-19-16(12)15(14)18/h5-8,10-11,20H,2-4,9H2,1H3. The fraction of sp³-hybridized carbons (Fsp3) is 0.438. The molecule has 1 aliphatic rings. The number of pyridine rings is 1. The van der Waals surface area contributed by atoms with Gasteiger partial charge in [0.2, 0.25) is 0 Å². The Morgan fingerprint density at radius 2 is 2.09 bits per heavy atom. The number of hydrogen-bond donors (Lipinski definition) is 1. The molecule has 4 nitrogen and oxygen atoms in total. The van der Waals surface area contributed by atoms with Crippen LogP contribution in [-0.2, 0) is 9.84 Å². The molecule has 0 amide bonds. The van der Waals surface area contributed by atoms with Crippen molar-refractivity contribution in [3.8, 4) is 0 Å². The lowest BCUT2D eigenvalue weighted by atomic mass is 9.94. The number of hydrogen-bond acceptors (Lipinski definition) is 4. The Bertz CT molecular complexity index is 841. The van der Waals surface area contributed by atoms with Crippen LogP contribution < -0.4 is 5.32 Å². The number of nitrogens with zero attached hydrogens (tertiary/aromatic N) is 1. The molecular weight excluding hydrogens is 339 g/mol. The predicted octanol–water partition coefficient (Wildman–Crippen LogP) is 3.80. The first-order valence-corrected chi connectivity index (χ1v) is 9.87. The van der Waals surface area contributed by atoms with Crippen molar-refractivity contribution in [1.29, 1.82) is 0 Å². The minimum atomic E-state index is -3.07. The van der Waals surface area contributed by atoms with E-state index in [1.807, 2.05) is 0 Å². The van der Waals surface area contributed by atoms with Gasteiger partial charge in [0, 0.05) is 23.9 Å². The van der Waals surface area contributed by atoms with Crippen LogP contribution in [0.3, 0.4) is 0 Å². The van der Waals surface area contributed by atoms with Crippen LogP contribution >= 0.6 is 11.6 Å². The molecule has 0 spiro atoms. The Labute approximate surface area is 140 Å². The SMILES string of the molecule is CS(=O)(=O)C1CCCC(Nc2ccc3c(Cl)ccnc3c2F)C1. The summed E-state index contributed by atoms with van der Waals surface area (Å²) in [5, 5.41) is 3.80. The normalized spacial score (nSPS) is 22.2. The van der Waals surface area contributed by atoms with E-state index in [-0.39, 0.29) is 16.8 Å². The number of rotatable bonds is 3. The summed E-state index contributed by atoms with van der Waals surface area (Å²) in [5.74, 6) is -0.452. The quantitative estimate of drug-likeness (QED) is 0.908. The van der Waals surface area contributed by atoms with Crippen LogP contribution in [0.15, 0.2) is 24.4 Å². The molecule has 1 aliphatic carbocycles. The average molecular weight is 357 g/mol. The summed E-state index contributed by atoms with van der Waals surface area (Å²) in [7, 11) is -3.07. The van der Waals surface area contributed by atoms with E-state index >= 15 is 0 Å². The number of fused-ring (bicyclic) bond motifs is 1. The maximum Gasteiger partial charge on any atom is 0.172 e. The summed E-state index contributed by atoms with van der Waals surface area (Å²) < 4.78 is 38.1. The van der Waals surface area contributed by atoms with Crippen molar-refractivity contribution in [3.63, 3.8) is 0 Å². The molecule has 1 saturated carbocycles. The molecule has 0 bridgehead atoms. The van der Waals surface area contributed by atoms with Crippen molar-refractivity contribution in [2.24, 2.45) is 0 Å². The minimum Gasteiger partial charge on any atom is -0.380 e. The second-order valence-electron chi connectivity index (χ2n) is 6.08. The van der Waals surface area contributed by atoms with Crippen molar-refractivity contribution in [2.45, 2.75) is 37.0 Å². The van der Waals surface area contributed by atoms with E-state index in [0.717, 1.165) is 12.8 Å². The highest BCUT2D eigenvalue weighted by Crippen LogP contribution is 2.31. The highest BCUT2D eigenvalue weighted by molar-refractivity contribution is 7.91. The summed E-state index contributed by atoms with van der Waals surface area (Å²) in [6, 6.07) is 4.92. The smallest absolute Gasteiger partial charge is 0.172 e. The zero-order chi connectivity index (χ0) is 16.6. The molecule has 1 aromatic carbocycles. The molecule has 1 N–H and O–H groups in total. The molecule has 2 atom stereocenters. The van der Waals surface area contributed by atoms with Crippen LogP contribution in [0.1, 0.15) is 25.7 Å². The topological polar surface area (TPSA) is 59.1 Å². The molecule has 0 aliphatic heterocycles. The van der Waals surface area contributed by atoms with Crippen molar-refractivity contribution in [2.75, 3.05) is 11.6 Å². The maximum absolute atomic E-state index is 14.6. The molecule has 1 fully saturated rings. The third-order valence-electron chi connectivity index (χ3n) is 4.39. The van der Waals surface area contributed by atoms with E-state index in [0.29, 0.717) is 28.9 Å². The van der Waals surface area contributed by atoms with Gasteiger partial charge < -0.3 is 5.32 Å². The Morgan fingerprint density at radius 3 is 2.83 bits per heavy atom. The first-order chi connectivity index (χ1) is 10.9. The zero-order valence-corrected chi connectivity index (χ0v) is 14.3. The van der Waals surface area contributed by atoms with E-state index in [1.165, 1.54) is 12.5 Å². The number of nitrogens with one attached hydrogen (secondary N) is 1.